The summed E-state index contributed by atoms with van der Waals surface area (Å²) in [5.41, 5.74) is 13.7. The number of carbonyl (C=O) groups is 7. The number of carboxylic acids is 2. The molecule has 0 heterocycles. The Bertz CT molecular complexity index is 2410. The van der Waals surface area contributed by atoms with Gasteiger partial charge in [0.2, 0.25) is 5.91 Å². The van der Waals surface area contributed by atoms with Crippen LogP contribution in [0.5, 0.6) is 0 Å². The Kier molecular flexibility index (Phi) is 31.2. The van der Waals surface area contributed by atoms with Crippen LogP contribution in [0.25, 0.3) is 22.3 Å². The molecule has 4 unspecified atom stereocenters. The summed E-state index contributed by atoms with van der Waals surface area (Å²) in [6.45, 7) is 14.0. The third-order valence-corrected chi connectivity index (χ3v) is 10.3. The van der Waals surface area contributed by atoms with Gasteiger partial charge >= 0.3 is 72.0 Å². The van der Waals surface area contributed by atoms with Gasteiger partial charge in [0.25, 0.3) is 0 Å². The third-order valence-electron chi connectivity index (χ3n) is 10.3. The number of hydrogen-bond donors (Lipinski definition) is 7. The Morgan fingerprint density at radius 1 is 0.554 bits per heavy atom. The van der Waals surface area contributed by atoms with Gasteiger partial charge in [-0.05, 0) is 84.0 Å². The Morgan fingerprint density at radius 2 is 0.878 bits per heavy atom. The van der Waals surface area contributed by atoms with E-state index in [-0.39, 0.29) is 78.8 Å². The number of esters is 1. The zero-order valence-electron chi connectivity index (χ0n) is 42.9. The van der Waals surface area contributed by atoms with Gasteiger partial charge in [-0.3, -0.25) is 14.4 Å². The molecule has 9 N–H and O–H groups in total. The number of aliphatic carboxylic acids is 2. The van der Waals surface area contributed by atoms with Crippen molar-refractivity contribution in [2.45, 2.75) is 91.4 Å². The van der Waals surface area contributed by atoms with Gasteiger partial charge in [0.15, 0.2) is 0 Å². The molecule has 0 spiro atoms. The molecule has 0 saturated carbocycles. The van der Waals surface area contributed by atoms with Gasteiger partial charge in [0, 0.05) is 18.4 Å². The normalized spacial score (nSPS) is 12.6. The molecule has 21 nitrogen and oxygen atoms in total. The van der Waals surface area contributed by atoms with Crippen molar-refractivity contribution in [2.24, 2.45) is 17.6 Å². The third kappa shape index (κ3) is 22.0. The van der Waals surface area contributed by atoms with E-state index in [2.05, 4.69) is 20.7 Å². The first-order valence-electron chi connectivity index (χ1n) is 22.8. The summed E-state index contributed by atoms with van der Waals surface area (Å²) in [5.74, 6) is -3.23. The predicted molar refractivity (Wildman–Crippen MR) is 263 cm³/mol. The number of aliphatic hydroxyl groups excluding tert-OH is 1. The van der Waals surface area contributed by atoms with E-state index in [4.69, 9.17) is 44.9 Å². The van der Waals surface area contributed by atoms with Crippen LogP contribution in [0.3, 0.4) is 0 Å². The number of carboxylic acid groups (broad SMARTS) is 2. The van der Waals surface area contributed by atoms with Crippen molar-refractivity contribution in [3.63, 3.8) is 0 Å². The van der Waals surface area contributed by atoms with Crippen molar-refractivity contribution in [1.29, 1.82) is 0 Å². The van der Waals surface area contributed by atoms with Crippen LogP contribution < -0.4 is 51.2 Å². The topological polar surface area (TPSA) is 343 Å². The maximum atomic E-state index is 12.2. The smallest absolute Gasteiger partial charge is 0.870 e. The van der Waals surface area contributed by atoms with Gasteiger partial charge in [-0.15, -0.1) is 0 Å². The number of benzene rings is 4. The Hall–Kier alpha value is -6.97. The van der Waals surface area contributed by atoms with E-state index in [1.165, 1.54) is 27.7 Å². The zero-order chi connectivity index (χ0) is 54.1. The molecule has 0 bridgehead atoms. The minimum Gasteiger partial charge on any atom is -0.870 e. The molecule has 0 aliphatic heterocycles. The van der Waals surface area contributed by atoms with Gasteiger partial charge in [-0.25, -0.2) is 19.2 Å². The minimum absolute atomic E-state index is 0. The number of ether oxygens (including phenoxy) is 4. The quantitative estimate of drug-likeness (QED) is 0.0413. The fourth-order valence-electron chi connectivity index (χ4n) is 6.59. The molecule has 0 radical (unpaired) electrons. The predicted octanol–water partition coefficient (Wildman–Crippen LogP) is 3.05. The number of rotatable bonds is 14. The Morgan fingerprint density at radius 3 is 1.18 bits per heavy atom. The molecule has 4 aromatic rings. The van der Waals surface area contributed by atoms with Crippen molar-refractivity contribution < 1.29 is 112 Å². The molecule has 396 valence electrons. The van der Waals surface area contributed by atoms with Gasteiger partial charge in [-0.2, -0.15) is 9.59 Å². The molecule has 4 aromatic carbocycles. The SMILES string of the molecule is CC(C)CO.CC(C)COC(=O)OC(=O)C(C)NC(=O)OCC1c2ccccc2-c2ccccc21.CC(N)C(=O)O.CC(NC(=O)C(C)NC(=O)OCC1c2ccccc2-c2ccccc21)C(=O)O.O=C=O.[Na+].[OH-]. The van der Waals surface area contributed by atoms with Crippen LogP contribution in [0.4, 0.5) is 14.4 Å². The fraction of sp³-hybridized carbons (Fsp3) is 0.385. The van der Waals surface area contributed by atoms with Gasteiger partial charge < -0.3 is 61.4 Å². The molecule has 0 aromatic heterocycles. The summed E-state index contributed by atoms with van der Waals surface area (Å²) in [5, 5.41) is 31.9. The zero-order valence-corrected chi connectivity index (χ0v) is 44.9. The maximum Gasteiger partial charge on any atom is 1.00 e. The second-order valence-corrected chi connectivity index (χ2v) is 17.1. The molecular weight excluding hydrogens is 976 g/mol. The standard InChI is InChI=1S/C23H25NO6.C21H22N2O5.C4H10O.C3H7NO2.CO2.Na.H2O/c1-14(2)12-29-23(27)30-21(25)15(3)24-22(26)28-13-20-18-10-6-4-8-16(18)17-9-5-7-11-19(17)20;1-12(19(24)22-13(2)20(25)26)23-21(27)28-11-18-16-9-5-3-7-14(16)15-8-4-6-10-17(15)18;1-4(2)3-5;1-2(4)3(5)6;2-1-3;;/h4-11,14-15,20H,12-13H2,1-3H3,(H,24,26);3-10,12-13,18H,11H2,1-2H3,(H,22,24)(H,23,27)(H,25,26);4-5H,3H2,1-2H3;2H,4H2,1H3,(H,5,6);;;1H2/q;;;;;+1;/p-1. The van der Waals surface area contributed by atoms with Gasteiger partial charge in [-0.1, -0.05) is 125 Å². The summed E-state index contributed by atoms with van der Waals surface area (Å²) >= 11 is 0. The molecular formula is C52H65N4NaO17. The number of fused-ring (bicyclic) bond motifs is 6. The molecule has 3 amide bonds. The second kappa shape index (κ2) is 34.5. The maximum absolute atomic E-state index is 12.2. The largest absolute Gasteiger partial charge is 1.00 e. The minimum atomic E-state index is -1.15. The number of aliphatic hydroxyl groups is 1. The number of carbonyl (C=O) groups excluding carboxylic acids is 7. The molecule has 0 saturated heterocycles. The Balaban J connectivity index is 0.00000112. The summed E-state index contributed by atoms with van der Waals surface area (Å²) in [7, 11) is 0. The van der Waals surface area contributed by atoms with Crippen LogP contribution in [-0.2, 0) is 47.7 Å². The van der Waals surface area contributed by atoms with Crippen molar-refractivity contribution >= 4 is 48.3 Å². The first kappa shape index (κ1) is 67.0. The van der Waals surface area contributed by atoms with Crippen LogP contribution >= 0.6 is 0 Å². The molecule has 6 rings (SSSR count). The number of amides is 3. The van der Waals surface area contributed by atoms with Gasteiger partial charge in [0.05, 0.1) is 6.61 Å². The van der Waals surface area contributed by atoms with Crippen molar-refractivity contribution in [3.8, 4) is 22.3 Å². The molecule has 2 aliphatic rings. The molecule has 2 aliphatic carbocycles. The van der Waals surface area contributed by atoms with E-state index in [0.29, 0.717) is 12.5 Å². The summed E-state index contributed by atoms with van der Waals surface area (Å²) in [6.07, 6.45) is -2.33. The van der Waals surface area contributed by atoms with E-state index in [9.17, 15) is 33.6 Å². The van der Waals surface area contributed by atoms with Crippen LogP contribution in [-0.4, -0.2) is 120 Å². The van der Waals surface area contributed by atoms with E-state index >= 15 is 0 Å². The van der Waals surface area contributed by atoms with Crippen molar-refractivity contribution in [1.82, 2.24) is 16.0 Å². The number of alkyl carbamates (subject to hydrolysis) is 2. The number of nitrogens with one attached hydrogen (secondary N) is 3. The molecule has 74 heavy (non-hydrogen) atoms. The van der Waals surface area contributed by atoms with Crippen LogP contribution in [0, 0.1) is 11.8 Å². The summed E-state index contributed by atoms with van der Waals surface area (Å²) < 4.78 is 20.1. The molecule has 4 atom stereocenters. The van der Waals surface area contributed by atoms with E-state index in [0.717, 1.165) is 44.5 Å². The van der Waals surface area contributed by atoms with Crippen molar-refractivity contribution in [2.75, 3.05) is 26.4 Å². The van der Waals surface area contributed by atoms with E-state index in [1.54, 1.807) is 0 Å². The second-order valence-electron chi connectivity index (χ2n) is 17.1. The molecule has 0 fully saturated rings. The van der Waals surface area contributed by atoms with Crippen LogP contribution in [0.1, 0.15) is 89.5 Å². The summed E-state index contributed by atoms with van der Waals surface area (Å²) in [4.78, 5) is 96.3. The Labute approximate surface area is 451 Å². The number of hydrogen-bond acceptors (Lipinski definition) is 16. The van der Waals surface area contributed by atoms with E-state index in [1.807, 2.05) is 125 Å². The fourth-order valence-corrected chi connectivity index (χ4v) is 6.59. The van der Waals surface area contributed by atoms with Crippen LogP contribution in [0.15, 0.2) is 97.1 Å². The van der Waals surface area contributed by atoms with Crippen LogP contribution in [0.2, 0.25) is 0 Å². The molecule has 22 heteroatoms. The average Bonchev–Trinajstić information content (AvgIpc) is 3.84. The van der Waals surface area contributed by atoms with Crippen molar-refractivity contribution in [3.05, 3.63) is 119 Å². The monoisotopic (exact) mass is 1040 g/mol. The first-order chi connectivity index (χ1) is 34.1. The van der Waals surface area contributed by atoms with E-state index < -0.39 is 66.3 Å². The number of nitrogens with two attached hydrogens (primary N) is 1. The first-order valence-corrected chi connectivity index (χ1v) is 22.8. The average molecular weight is 1040 g/mol. The summed E-state index contributed by atoms with van der Waals surface area (Å²) in [6, 6.07) is 28.2. The van der Waals surface area contributed by atoms with Gasteiger partial charge in [0.1, 0.15) is 37.4 Å².